The van der Waals surface area contributed by atoms with Gasteiger partial charge in [-0.2, -0.15) is 0 Å². The number of carbonyl (C=O) groups excluding carboxylic acids is 4. The first-order valence-corrected chi connectivity index (χ1v) is 15.7. The molecule has 230 valence electrons. The molecule has 0 saturated carbocycles. The SMILES string of the molecule is CCOC(=O)c1ccc(NC(=O)COc2ccc(C3c4sc(=O)[nH]c4SC4C(=O)N(c5ccc(OC)cc5)C(=O)C43)cc2)cc1. The van der Waals surface area contributed by atoms with E-state index >= 15 is 0 Å². The highest BCUT2D eigenvalue weighted by molar-refractivity contribution is 8.00. The summed E-state index contributed by atoms with van der Waals surface area (Å²) in [7, 11) is 1.54. The van der Waals surface area contributed by atoms with Crippen LogP contribution in [0.1, 0.15) is 33.6 Å². The molecule has 1 aromatic heterocycles. The van der Waals surface area contributed by atoms with Crippen LogP contribution in [0.25, 0.3) is 0 Å². The lowest BCUT2D eigenvalue weighted by molar-refractivity contribution is -0.122. The number of carbonyl (C=O) groups is 4. The lowest BCUT2D eigenvalue weighted by Crippen LogP contribution is -2.32. The Hall–Kier alpha value is -4.88. The molecule has 1 fully saturated rings. The van der Waals surface area contributed by atoms with Crippen molar-refractivity contribution in [3.05, 3.63) is 98.5 Å². The summed E-state index contributed by atoms with van der Waals surface area (Å²) in [6.45, 7) is 1.73. The van der Waals surface area contributed by atoms with Crippen molar-refractivity contribution in [3.63, 3.8) is 0 Å². The minimum absolute atomic E-state index is 0.258. The lowest BCUT2D eigenvalue weighted by atomic mass is 9.83. The number of hydrogen-bond donors (Lipinski definition) is 2. The molecule has 3 amide bonds. The zero-order valence-corrected chi connectivity index (χ0v) is 25.7. The first kappa shape index (κ1) is 30.2. The molecule has 0 aliphatic carbocycles. The lowest BCUT2D eigenvalue weighted by Gasteiger charge is -2.29. The fourth-order valence-corrected chi connectivity index (χ4v) is 7.90. The molecule has 2 aliphatic heterocycles. The Bertz CT molecular complexity index is 1820. The summed E-state index contributed by atoms with van der Waals surface area (Å²) in [6.07, 6.45) is 0. The van der Waals surface area contributed by atoms with E-state index in [1.54, 1.807) is 79.7 Å². The molecule has 45 heavy (non-hydrogen) atoms. The number of benzene rings is 3. The number of hydrogen-bond acceptors (Lipinski definition) is 10. The summed E-state index contributed by atoms with van der Waals surface area (Å²) < 4.78 is 15.9. The summed E-state index contributed by atoms with van der Waals surface area (Å²) >= 11 is 2.24. The van der Waals surface area contributed by atoms with Gasteiger partial charge in [0.05, 0.1) is 35.9 Å². The van der Waals surface area contributed by atoms with Crippen LogP contribution in [0.15, 0.2) is 82.6 Å². The number of anilines is 2. The summed E-state index contributed by atoms with van der Waals surface area (Å²) in [5, 5.41) is 2.58. The normalized spacial score (nSPS) is 18.6. The Morgan fingerprint density at radius 2 is 1.60 bits per heavy atom. The van der Waals surface area contributed by atoms with Crippen LogP contribution in [0.5, 0.6) is 11.5 Å². The molecule has 1 saturated heterocycles. The summed E-state index contributed by atoms with van der Waals surface area (Å²) in [4.78, 5) is 68.6. The third kappa shape index (κ3) is 5.96. The third-order valence-corrected chi connectivity index (χ3v) is 9.84. The van der Waals surface area contributed by atoms with Crippen molar-refractivity contribution < 1.29 is 33.4 Å². The van der Waals surface area contributed by atoms with E-state index in [1.807, 2.05) is 0 Å². The molecule has 6 rings (SSSR count). The van der Waals surface area contributed by atoms with Gasteiger partial charge in [-0.3, -0.25) is 19.2 Å². The highest BCUT2D eigenvalue weighted by Gasteiger charge is 2.56. The maximum atomic E-state index is 13.9. The minimum Gasteiger partial charge on any atom is -0.497 e. The molecule has 0 bridgehead atoms. The van der Waals surface area contributed by atoms with Crippen molar-refractivity contribution in [1.29, 1.82) is 0 Å². The number of aromatic nitrogens is 1. The average molecular weight is 646 g/mol. The van der Waals surface area contributed by atoms with Gasteiger partial charge in [-0.25, -0.2) is 9.69 Å². The van der Waals surface area contributed by atoms with Crippen molar-refractivity contribution in [2.24, 2.45) is 5.92 Å². The minimum atomic E-state index is -0.726. The van der Waals surface area contributed by atoms with Crippen molar-refractivity contribution in [2.45, 2.75) is 23.1 Å². The molecule has 2 aliphatic rings. The Morgan fingerprint density at radius 3 is 2.27 bits per heavy atom. The van der Waals surface area contributed by atoms with Gasteiger partial charge in [0, 0.05) is 16.5 Å². The summed E-state index contributed by atoms with van der Waals surface area (Å²) in [6, 6.07) is 20.0. The number of nitrogens with zero attached hydrogens (tertiary/aromatic N) is 1. The van der Waals surface area contributed by atoms with Gasteiger partial charge >= 0.3 is 10.8 Å². The average Bonchev–Trinajstić information content (AvgIpc) is 3.54. The van der Waals surface area contributed by atoms with Crippen LogP contribution in [-0.4, -0.2) is 54.2 Å². The van der Waals surface area contributed by atoms with Crippen LogP contribution in [0.3, 0.4) is 0 Å². The van der Waals surface area contributed by atoms with Gasteiger partial charge < -0.3 is 24.5 Å². The van der Waals surface area contributed by atoms with Gasteiger partial charge in [0.1, 0.15) is 16.7 Å². The predicted molar refractivity (Wildman–Crippen MR) is 168 cm³/mol. The molecule has 11 nitrogen and oxygen atoms in total. The van der Waals surface area contributed by atoms with Gasteiger partial charge in [-0.15, -0.1) is 0 Å². The Kier molecular flexibility index (Phi) is 8.46. The first-order chi connectivity index (χ1) is 21.8. The topological polar surface area (TPSA) is 144 Å². The monoisotopic (exact) mass is 645 g/mol. The van der Waals surface area contributed by atoms with E-state index in [1.165, 1.54) is 23.8 Å². The van der Waals surface area contributed by atoms with Gasteiger partial charge in [0.15, 0.2) is 6.61 Å². The standard InChI is InChI=1S/C32H27N3O8S2/c1-3-42-31(39)18-4-8-19(9-5-18)33-23(36)16-43-22-12-6-17(7-13-22)24-25-27(44-28-26(24)45-32(40)34-28)30(38)35(29(25)37)20-10-14-21(41-2)15-11-20/h4-15,24-25,27H,3,16H2,1-2H3,(H,33,36)(H,34,40). The molecular weight excluding hydrogens is 618 g/mol. The van der Waals surface area contributed by atoms with E-state index in [2.05, 4.69) is 10.3 Å². The van der Waals surface area contributed by atoms with E-state index in [0.29, 0.717) is 38.3 Å². The Balaban J connectivity index is 1.17. The smallest absolute Gasteiger partial charge is 0.338 e. The second-order valence-corrected chi connectivity index (χ2v) is 12.3. The number of esters is 1. The molecule has 3 aromatic carbocycles. The van der Waals surface area contributed by atoms with Gasteiger partial charge in [-0.1, -0.05) is 35.2 Å². The maximum Gasteiger partial charge on any atom is 0.338 e. The molecule has 3 unspecified atom stereocenters. The van der Waals surface area contributed by atoms with Crippen LogP contribution in [0, 0.1) is 5.92 Å². The van der Waals surface area contributed by atoms with Crippen LogP contribution >= 0.6 is 23.1 Å². The number of fused-ring (bicyclic) bond motifs is 2. The number of thiazole rings is 1. The summed E-state index contributed by atoms with van der Waals surface area (Å²) in [5.41, 5.74) is 2.06. The van der Waals surface area contributed by atoms with Crippen LogP contribution in [-0.2, 0) is 19.1 Å². The van der Waals surface area contributed by atoms with Gasteiger partial charge in [0.25, 0.3) is 5.91 Å². The number of H-pyrrole nitrogens is 1. The van der Waals surface area contributed by atoms with Crippen LogP contribution in [0.2, 0.25) is 0 Å². The largest absolute Gasteiger partial charge is 0.497 e. The number of ether oxygens (including phenoxy) is 3. The molecule has 0 radical (unpaired) electrons. The Morgan fingerprint density at radius 1 is 0.911 bits per heavy atom. The van der Waals surface area contributed by atoms with E-state index in [0.717, 1.165) is 16.9 Å². The van der Waals surface area contributed by atoms with Crippen molar-refractivity contribution in [2.75, 3.05) is 30.5 Å². The number of nitrogens with one attached hydrogen (secondary N) is 2. The summed E-state index contributed by atoms with van der Waals surface area (Å²) in [5.74, 6) is -1.76. The van der Waals surface area contributed by atoms with Crippen molar-refractivity contribution in [1.82, 2.24) is 4.98 Å². The van der Waals surface area contributed by atoms with Crippen LogP contribution < -0.4 is 24.6 Å². The predicted octanol–water partition coefficient (Wildman–Crippen LogP) is 4.44. The number of aromatic amines is 1. The fraction of sp³-hybridized carbons (Fsp3) is 0.219. The zero-order valence-electron chi connectivity index (χ0n) is 24.1. The highest BCUT2D eigenvalue weighted by Crippen LogP contribution is 2.53. The second-order valence-electron chi connectivity index (χ2n) is 10.2. The van der Waals surface area contributed by atoms with E-state index < -0.39 is 29.0 Å². The fourth-order valence-electron chi connectivity index (χ4n) is 5.38. The third-order valence-electron chi connectivity index (χ3n) is 7.44. The van der Waals surface area contributed by atoms with Crippen molar-refractivity contribution >= 4 is 58.2 Å². The first-order valence-electron chi connectivity index (χ1n) is 14.0. The molecule has 3 atom stereocenters. The number of rotatable bonds is 9. The molecular formula is C32H27N3O8S2. The number of imide groups is 1. The molecule has 3 heterocycles. The van der Waals surface area contributed by atoms with Gasteiger partial charge in [-0.05, 0) is 73.2 Å². The quantitative estimate of drug-likeness (QED) is 0.200. The van der Waals surface area contributed by atoms with Crippen molar-refractivity contribution in [3.8, 4) is 11.5 Å². The second kappa shape index (κ2) is 12.6. The maximum absolute atomic E-state index is 13.9. The van der Waals surface area contributed by atoms with E-state index in [4.69, 9.17) is 14.2 Å². The number of amides is 3. The van der Waals surface area contributed by atoms with E-state index in [-0.39, 0.29) is 29.9 Å². The zero-order chi connectivity index (χ0) is 31.7. The molecule has 0 spiro atoms. The van der Waals surface area contributed by atoms with Crippen LogP contribution in [0.4, 0.5) is 11.4 Å². The number of thioether (sulfide) groups is 1. The Labute approximate surface area is 265 Å². The van der Waals surface area contributed by atoms with E-state index in [9.17, 15) is 24.0 Å². The molecule has 13 heteroatoms. The molecule has 4 aromatic rings. The number of methoxy groups -OCH3 is 1. The highest BCUT2D eigenvalue weighted by atomic mass is 32.2. The molecule has 2 N–H and O–H groups in total. The van der Waals surface area contributed by atoms with Gasteiger partial charge in [0.2, 0.25) is 11.8 Å².